The van der Waals surface area contributed by atoms with Crippen molar-refractivity contribution in [2.45, 2.75) is 27.0 Å². The van der Waals surface area contributed by atoms with Crippen LogP contribution in [-0.2, 0) is 13.2 Å². The molecule has 0 spiro atoms. The number of rotatable bonds is 4. The van der Waals surface area contributed by atoms with Gasteiger partial charge in [-0.05, 0) is 31.0 Å². The lowest BCUT2D eigenvalue weighted by Gasteiger charge is -2.09. The zero-order valence-electron chi connectivity index (χ0n) is 9.90. The van der Waals surface area contributed by atoms with Gasteiger partial charge in [0.05, 0.1) is 13.2 Å². The summed E-state index contributed by atoms with van der Waals surface area (Å²) in [4.78, 5) is 0. The monoisotopic (exact) mass is 249 g/mol. The van der Waals surface area contributed by atoms with Gasteiger partial charge in [0.15, 0.2) is 0 Å². The number of aryl methyl sites for hydroxylation is 2. The molecule has 1 heterocycles. The number of hydrogen-bond acceptors (Lipinski definition) is 5. The molecular weight excluding hydrogens is 234 g/mol. The predicted octanol–water partition coefficient (Wildman–Crippen LogP) is 2.26. The van der Waals surface area contributed by atoms with Crippen LogP contribution in [0.4, 0.5) is 5.69 Å². The summed E-state index contributed by atoms with van der Waals surface area (Å²) in [5.41, 5.74) is 3.10. The largest absolute Gasteiger partial charge is 0.392 e. The van der Waals surface area contributed by atoms with Gasteiger partial charge < -0.3 is 10.4 Å². The molecule has 0 aliphatic heterocycles. The van der Waals surface area contributed by atoms with Gasteiger partial charge in [-0.25, -0.2) is 0 Å². The maximum absolute atomic E-state index is 9.09. The Bertz CT molecular complexity index is 510. The fraction of sp³-hybridized carbons (Fsp3) is 0.333. The predicted molar refractivity (Wildman–Crippen MR) is 69.1 cm³/mol. The molecule has 0 amide bonds. The van der Waals surface area contributed by atoms with E-state index in [0.29, 0.717) is 6.54 Å². The van der Waals surface area contributed by atoms with Crippen molar-refractivity contribution in [3.8, 4) is 0 Å². The summed E-state index contributed by atoms with van der Waals surface area (Å²) in [6.45, 7) is 4.71. The van der Waals surface area contributed by atoms with E-state index in [1.165, 1.54) is 0 Å². The Labute approximate surface area is 104 Å². The average molecular weight is 249 g/mol. The van der Waals surface area contributed by atoms with Crippen LogP contribution in [0.3, 0.4) is 0 Å². The third-order valence-electron chi connectivity index (χ3n) is 2.48. The smallest absolute Gasteiger partial charge is 0.136 e. The Balaban J connectivity index is 2.07. The van der Waals surface area contributed by atoms with Gasteiger partial charge in [0, 0.05) is 5.69 Å². The number of aliphatic hydroxyl groups is 1. The molecule has 1 aromatic heterocycles. The first kappa shape index (κ1) is 12.0. The summed E-state index contributed by atoms with van der Waals surface area (Å²) in [7, 11) is 0. The number of aliphatic hydroxyl groups excluding tert-OH is 1. The van der Waals surface area contributed by atoms with E-state index in [4.69, 9.17) is 5.11 Å². The van der Waals surface area contributed by atoms with Crippen molar-refractivity contribution < 1.29 is 5.11 Å². The molecule has 0 bridgehead atoms. The minimum absolute atomic E-state index is 0.0624. The molecule has 5 heteroatoms. The van der Waals surface area contributed by atoms with Crippen LogP contribution in [0, 0.1) is 13.8 Å². The number of aromatic nitrogens is 2. The molecule has 2 N–H and O–H groups in total. The average Bonchev–Trinajstić information content (AvgIpc) is 2.74. The van der Waals surface area contributed by atoms with Crippen LogP contribution in [0.1, 0.15) is 21.1 Å². The zero-order valence-corrected chi connectivity index (χ0v) is 10.7. The van der Waals surface area contributed by atoms with E-state index in [1.807, 2.05) is 32.0 Å². The molecule has 0 aliphatic rings. The van der Waals surface area contributed by atoms with Gasteiger partial charge >= 0.3 is 0 Å². The Morgan fingerprint density at radius 1 is 1.29 bits per heavy atom. The molecule has 2 aromatic rings. The second-order valence-electron chi connectivity index (χ2n) is 3.88. The van der Waals surface area contributed by atoms with Gasteiger partial charge in [0.2, 0.25) is 0 Å². The molecular formula is C12H15N3OS. The van der Waals surface area contributed by atoms with Gasteiger partial charge in [0.25, 0.3) is 0 Å². The third kappa shape index (κ3) is 3.01. The van der Waals surface area contributed by atoms with E-state index in [2.05, 4.69) is 15.5 Å². The zero-order chi connectivity index (χ0) is 12.3. The van der Waals surface area contributed by atoms with Crippen molar-refractivity contribution in [3.05, 3.63) is 39.3 Å². The van der Waals surface area contributed by atoms with Gasteiger partial charge in [-0.2, -0.15) is 0 Å². The van der Waals surface area contributed by atoms with Crippen molar-refractivity contribution in [3.63, 3.8) is 0 Å². The van der Waals surface area contributed by atoms with Crippen LogP contribution < -0.4 is 5.32 Å². The van der Waals surface area contributed by atoms with E-state index in [1.54, 1.807) is 11.3 Å². The topological polar surface area (TPSA) is 58.0 Å². The first-order chi connectivity index (χ1) is 8.19. The number of hydrogen-bond donors (Lipinski definition) is 2. The highest BCUT2D eigenvalue weighted by Crippen LogP contribution is 2.18. The molecule has 0 aliphatic carbocycles. The Hall–Kier alpha value is -1.46. The standard InChI is InChI=1S/C12H15N3OS/c1-8-3-4-10(7-16)5-11(8)13-6-12-15-14-9(2)17-12/h3-5,13,16H,6-7H2,1-2H3. The van der Waals surface area contributed by atoms with Crippen molar-refractivity contribution in [2.75, 3.05) is 5.32 Å². The van der Waals surface area contributed by atoms with Crippen molar-refractivity contribution in [1.82, 2.24) is 10.2 Å². The van der Waals surface area contributed by atoms with Crippen LogP contribution in [0.2, 0.25) is 0 Å². The number of nitrogens with one attached hydrogen (secondary N) is 1. The van der Waals surface area contributed by atoms with Crippen molar-refractivity contribution >= 4 is 17.0 Å². The first-order valence-electron chi connectivity index (χ1n) is 5.42. The van der Waals surface area contributed by atoms with E-state index in [0.717, 1.165) is 26.8 Å². The normalized spacial score (nSPS) is 10.5. The van der Waals surface area contributed by atoms with Crippen LogP contribution in [-0.4, -0.2) is 15.3 Å². The molecule has 17 heavy (non-hydrogen) atoms. The summed E-state index contributed by atoms with van der Waals surface area (Å²) < 4.78 is 0. The van der Waals surface area contributed by atoms with E-state index < -0.39 is 0 Å². The lowest BCUT2D eigenvalue weighted by molar-refractivity contribution is 0.282. The third-order valence-corrected chi connectivity index (χ3v) is 3.32. The summed E-state index contributed by atoms with van der Waals surface area (Å²) in [5.74, 6) is 0. The highest BCUT2D eigenvalue weighted by molar-refractivity contribution is 7.11. The second-order valence-corrected chi connectivity index (χ2v) is 5.14. The highest BCUT2D eigenvalue weighted by Gasteiger charge is 2.03. The lowest BCUT2D eigenvalue weighted by atomic mass is 10.1. The van der Waals surface area contributed by atoms with Crippen LogP contribution in [0.5, 0.6) is 0 Å². The van der Waals surface area contributed by atoms with Crippen LogP contribution >= 0.6 is 11.3 Å². The molecule has 0 radical (unpaired) electrons. The highest BCUT2D eigenvalue weighted by atomic mass is 32.1. The molecule has 2 rings (SSSR count). The van der Waals surface area contributed by atoms with E-state index >= 15 is 0 Å². The minimum Gasteiger partial charge on any atom is -0.392 e. The SMILES string of the molecule is Cc1nnc(CNc2cc(CO)ccc2C)s1. The van der Waals surface area contributed by atoms with Crippen molar-refractivity contribution in [1.29, 1.82) is 0 Å². The molecule has 0 saturated carbocycles. The Kier molecular flexibility index (Phi) is 3.71. The van der Waals surface area contributed by atoms with Gasteiger partial charge in [-0.1, -0.05) is 23.5 Å². The maximum atomic E-state index is 9.09. The summed E-state index contributed by atoms with van der Waals surface area (Å²) in [6.07, 6.45) is 0. The second kappa shape index (κ2) is 5.25. The van der Waals surface area contributed by atoms with Gasteiger partial charge in [0.1, 0.15) is 10.0 Å². The molecule has 0 fully saturated rings. The fourth-order valence-corrected chi connectivity index (χ4v) is 2.19. The molecule has 0 saturated heterocycles. The van der Waals surface area contributed by atoms with E-state index in [9.17, 15) is 0 Å². The van der Waals surface area contributed by atoms with E-state index in [-0.39, 0.29) is 6.61 Å². The molecule has 0 unspecified atom stereocenters. The van der Waals surface area contributed by atoms with Gasteiger partial charge in [-0.3, -0.25) is 0 Å². The van der Waals surface area contributed by atoms with Crippen LogP contribution in [0.15, 0.2) is 18.2 Å². The Morgan fingerprint density at radius 3 is 2.76 bits per heavy atom. The number of anilines is 1. The summed E-state index contributed by atoms with van der Waals surface area (Å²) >= 11 is 1.59. The minimum atomic E-state index is 0.0624. The maximum Gasteiger partial charge on any atom is 0.136 e. The van der Waals surface area contributed by atoms with Gasteiger partial charge in [-0.15, -0.1) is 10.2 Å². The molecule has 0 atom stereocenters. The fourth-order valence-electron chi connectivity index (χ4n) is 1.54. The quantitative estimate of drug-likeness (QED) is 0.872. The van der Waals surface area contributed by atoms with Crippen molar-refractivity contribution in [2.24, 2.45) is 0 Å². The lowest BCUT2D eigenvalue weighted by Crippen LogP contribution is -2.01. The number of nitrogens with zero attached hydrogens (tertiary/aromatic N) is 2. The number of benzene rings is 1. The molecule has 4 nitrogen and oxygen atoms in total. The van der Waals surface area contributed by atoms with Crippen LogP contribution in [0.25, 0.3) is 0 Å². The summed E-state index contributed by atoms with van der Waals surface area (Å²) in [6, 6.07) is 5.89. The Morgan fingerprint density at radius 2 is 2.12 bits per heavy atom. The first-order valence-corrected chi connectivity index (χ1v) is 6.24. The summed E-state index contributed by atoms with van der Waals surface area (Å²) in [5, 5.41) is 22.4. The molecule has 1 aromatic carbocycles. The molecule has 90 valence electrons.